The highest BCUT2D eigenvalue weighted by molar-refractivity contribution is 5.93. The molecule has 0 aliphatic rings. The molecule has 0 radical (unpaired) electrons. The highest BCUT2D eigenvalue weighted by atomic mass is 19.4. The summed E-state index contributed by atoms with van der Waals surface area (Å²) in [4.78, 5) is 20.6. The van der Waals surface area contributed by atoms with Crippen LogP contribution in [0, 0.1) is 0 Å². The van der Waals surface area contributed by atoms with E-state index in [1.54, 1.807) is 24.3 Å². The number of rotatable bonds is 2. The van der Waals surface area contributed by atoms with Crippen LogP contribution < -0.4 is 11.5 Å². The predicted molar refractivity (Wildman–Crippen MR) is 70.0 cm³/mol. The second-order valence-corrected chi connectivity index (χ2v) is 3.96. The third-order valence-electron chi connectivity index (χ3n) is 2.27. The number of hydrogen-bond acceptors (Lipinski definition) is 4. The molecule has 0 saturated heterocycles. The Hall–Kier alpha value is -2.97. The smallest absolute Gasteiger partial charge is 0.449 e. The number of halogens is 3. The molecule has 0 unspecified atom stereocenters. The third kappa shape index (κ3) is 4.85. The minimum atomic E-state index is -4.63. The molecule has 2 aromatic rings. The molecule has 2 rings (SSSR count). The number of carbonyl (C=O) groups is 2. The fourth-order valence-corrected chi connectivity index (χ4v) is 1.30. The number of anilines is 1. The summed E-state index contributed by atoms with van der Waals surface area (Å²) < 4.78 is 39.3. The number of carboxylic acid groups (broad SMARTS) is 1. The van der Waals surface area contributed by atoms with Crippen molar-refractivity contribution in [1.82, 2.24) is 0 Å². The molecule has 0 saturated carbocycles. The van der Waals surface area contributed by atoms with E-state index < -0.39 is 29.6 Å². The summed E-state index contributed by atoms with van der Waals surface area (Å²) in [6, 6.07) is 7.89. The van der Waals surface area contributed by atoms with Gasteiger partial charge in [-0.1, -0.05) is 6.07 Å². The van der Waals surface area contributed by atoms with Crippen LogP contribution in [-0.4, -0.2) is 17.0 Å². The van der Waals surface area contributed by atoms with Gasteiger partial charge in [0.15, 0.2) is 0 Å². The van der Waals surface area contributed by atoms with E-state index in [2.05, 4.69) is 4.42 Å². The van der Waals surface area contributed by atoms with Gasteiger partial charge < -0.3 is 21.0 Å². The quantitative estimate of drug-likeness (QED) is 0.735. The van der Waals surface area contributed by atoms with Crippen LogP contribution >= 0.6 is 0 Å². The molecule has 0 spiro atoms. The molecule has 1 amide bonds. The number of alkyl halides is 3. The van der Waals surface area contributed by atoms with Crippen molar-refractivity contribution in [3.63, 3.8) is 0 Å². The normalized spacial score (nSPS) is 10.5. The number of nitrogens with two attached hydrogens (primary N) is 2. The Labute approximate surface area is 122 Å². The van der Waals surface area contributed by atoms with Crippen LogP contribution in [0.15, 0.2) is 40.8 Å². The zero-order chi connectivity index (χ0) is 16.9. The molecular formula is C13H11F3N2O4. The molecule has 0 aliphatic heterocycles. The SMILES string of the molecule is NC(=O)c1cccc(N)c1.O=C(O)c1ccc(C(F)(F)F)o1. The maximum absolute atomic E-state index is 11.8. The largest absolute Gasteiger partial charge is 0.475 e. The lowest BCUT2D eigenvalue weighted by Crippen LogP contribution is -2.10. The van der Waals surface area contributed by atoms with Gasteiger partial charge in [-0.3, -0.25) is 4.79 Å². The van der Waals surface area contributed by atoms with Crippen molar-refractivity contribution in [3.8, 4) is 0 Å². The lowest BCUT2D eigenvalue weighted by Gasteiger charge is -1.99. The van der Waals surface area contributed by atoms with Crippen molar-refractivity contribution in [1.29, 1.82) is 0 Å². The first-order valence-electron chi connectivity index (χ1n) is 5.67. The molecule has 22 heavy (non-hydrogen) atoms. The maximum atomic E-state index is 11.8. The van der Waals surface area contributed by atoms with Gasteiger partial charge >= 0.3 is 12.1 Å². The van der Waals surface area contributed by atoms with Crippen molar-refractivity contribution >= 4 is 17.6 Å². The Kier molecular flexibility index (Phi) is 5.17. The molecule has 1 heterocycles. The van der Waals surface area contributed by atoms with Crippen LogP contribution in [0.5, 0.6) is 0 Å². The van der Waals surface area contributed by atoms with Crippen molar-refractivity contribution in [3.05, 3.63) is 53.5 Å². The van der Waals surface area contributed by atoms with E-state index in [0.717, 1.165) is 6.07 Å². The summed E-state index contributed by atoms with van der Waals surface area (Å²) in [6.45, 7) is 0. The predicted octanol–water partition coefficient (Wildman–Crippen LogP) is 2.36. The molecule has 9 heteroatoms. The van der Waals surface area contributed by atoms with Gasteiger partial charge in [0, 0.05) is 11.3 Å². The van der Waals surface area contributed by atoms with E-state index in [9.17, 15) is 22.8 Å². The van der Waals surface area contributed by atoms with Crippen molar-refractivity contribution in [2.75, 3.05) is 5.73 Å². The van der Waals surface area contributed by atoms with Gasteiger partial charge in [0.05, 0.1) is 0 Å². The standard InChI is InChI=1S/C7H8N2O.C6H3F3O3/c8-6-3-1-2-5(4-6)7(9)10;7-6(8,9)4-2-1-3(12-4)5(10)11/h1-4H,8H2,(H2,9,10);1-2H,(H,10,11). The van der Waals surface area contributed by atoms with Gasteiger partial charge in [-0.25, -0.2) is 4.79 Å². The highest BCUT2D eigenvalue weighted by Gasteiger charge is 2.35. The van der Waals surface area contributed by atoms with E-state index in [4.69, 9.17) is 16.6 Å². The fraction of sp³-hybridized carbons (Fsp3) is 0.0769. The number of carboxylic acids is 1. The van der Waals surface area contributed by atoms with Gasteiger partial charge in [-0.05, 0) is 30.3 Å². The molecule has 1 aromatic carbocycles. The van der Waals surface area contributed by atoms with Crippen LogP contribution in [-0.2, 0) is 6.18 Å². The minimum absolute atomic E-state index is 0.444. The summed E-state index contributed by atoms with van der Waals surface area (Å²) in [5.74, 6) is -4.00. The van der Waals surface area contributed by atoms with Gasteiger partial charge in [0.1, 0.15) is 0 Å². The first-order valence-corrected chi connectivity index (χ1v) is 5.67. The van der Waals surface area contributed by atoms with E-state index in [-0.39, 0.29) is 0 Å². The zero-order valence-electron chi connectivity index (χ0n) is 10.9. The number of furan rings is 1. The van der Waals surface area contributed by atoms with Crippen LogP contribution in [0.4, 0.5) is 18.9 Å². The van der Waals surface area contributed by atoms with Gasteiger partial charge in [-0.2, -0.15) is 13.2 Å². The molecule has 0 aliphatic carbocycles. The second kappa shape index (κ2) is 6.66. The Morgan fingerprint density at radius 1 is 1.14 bits per heavy atom. The van der Waals surface area contributed by atoms with Crippen LogP contribution in [0.25, 0.3) is 0 Å². The Morgan fingerprint density at radius 2 is 1.77 bits per heavy atom. The Bertz CT molecular complexity index is 680. The average molecular weight is 316 g/mol. The van der Waals surface area contributed by atoms with Crippen LogP contribution in [0.2, 0.25) is 0 Å². The van der Waals surface area contributed by atoms with Crippen molar-refractivity contribution < 1.29 is 32.3 Å². The van der Waals surface area contributed by atoms with Gasteiger partial charge in [0.2, 0.25) is 17.4 Å². The van der Waals surface area contributed by atoms with E-state index in [0.29, 0.717) is 17.3 Å². The first-order chi connectivity index (χ1) is 10.1. The topological polar surface area (TPSA) is 120 Å². The lowest BCUT2D eigenvalue weighted by molar-refractivity contribution is -0.153. The molecular weight excluding hydrogens is 305 g/mol. The number of nitrogen functional groups attached to an aromatic ring is 1. The lowest BCUT2D eigenvalue weighted by atomic mass is 10.2. The fourth-order valence-electron chi connectivity index (χ4n) is 1.30. The van der Waals surface area contributed by atoms with Crippen molar-refractivity contribution in [2.45, 2.75) is 6.18 Å². The zero-order valence-corrected chi connectivity index (χ0v) is 10.9. The highest BCUT2D eigenvalue weighted by Crippen LogP contribution is 2.30. The number of benzene rings is 1. The van der Waals surface area contributed by atoms with Gasteiger partial charge in [-0.15, -0.1) is 0 Å². The second-order valence-electron chi connectivity index (χ2n) is 3.96. The maximum Gasteiger partial charge on any atom is 0.449 e. The number of hydrogen-bond donors (Lipinski definition) is 3. The third-order valence-corrected chi connectivity index (χ3v) is 2.27. The molecule has 118 valence electrons. The van der Waals surface area contributed by atoms with E-state index in [1.807, 2.05) is 0 Å². The van der Waals surface area contributed by atoms with Crippen LogP contribution in [0.3, 0.4) is 0 Å². The van der Waals surface area contributed by atoms with E-state index >= 15 is 0 Å². The molecule has 5 N–H and O–H groups in total. The average Bonchev–Trinajstić information content (AvgIpc) is 2.89. The minimum Gasteiger partial charge on any atom is -0.475 e. The molecule has 0 fully saturated rings. The van der Waals surface area contributed by atoms with E-state index in [1.165, 1.54) is 0 Å². The summed E-state index contributed by atoms with van der Waals surface area (Å²) in [5.41, 5.74) is 11.4. The molecule has 6 nitrogen and oxygen atoms in total. The first kappa shape index (κ1) is 17.1. The number of aromatic carboxylic acids is 1. The number of primary amides is 1. The molecule has 0 atom stereocenters. The number of carbonyl (C=O) groups excluding carboxylic acids is 1. The molecule has 1 aromatic heterocycles. The summed E-state index contributed by atoms with van der Waals surface area (Å²) >= 11 is 0. The number of amides is 1. The summed E-state index contributed by atoms with van der Waals surface area (Å²) in [7, 11) is 0. The van der Waals surface area contributed by atoms with Gasteiger partial charge in [0.25, 0.3) is 0 Å². The Morgan fingerprint density at radius 3 is 2.09 bits per heavy atom. The Balaban J connectivity index is 0.000000224. The monoisotopic (exact) mass is 316 g/mol. The summed E-state index contributed by atoms with van der Waals surface area (Å²) in [5, 5.41) is 8.20. The summed E-state index contributed by atoms with van der Waals surface area (Å²) in [6.07, 6.45) is -4.63. The van der Waals surface area contributed by atoms with Crippen molar-refractivity contribution in [2.24, 2.45) is 5.73 Å². The molecule has 0 bridgehead atoms. The van der Waals surface area contributed by atoms with Crippen LogP contribution in [0.1, 0.15) is 26.7 Å².